The molecule has 21 heavy (non-hydrogen) atoms. The maximum absolute atomic E-state index is 12.3. The minimum Gasteiger partial charge on any atom is -0.404 e. The van der Waals surface area contributed by atoms with Crippen LogP contribution >= 0.6 is 11.8 Å². The Bertz CT molecular complexity index is 502. The summed E-state index contributed by atoms with van der Waals surface area (Å²) in [7, 11) is 0. The van der Waals surface area contributed by atoms with E-state index in [9.17, 15) is 13.2 Å². The number of aliphatic imine (C=N–C) groups is 1. The van der Waals surface area contributed by atoms with Crippen molar-refractivity contribution in [3.63, 3.8) is 0 Å². The molecule has 1 fully saturated rings. The molecule has 2 rings (SSSR count). The summed E-state index contributed by atoms with van der Waals surface area (Å²) in [5, 5.41) is 3.09. The van der Waals surface area contributed by atoms with E-state index in [1.807, 2.05) is 11.8 Å². The van der Waals surface area contributed by atoms with Gasteiger partial charge in [0, 0.05) is 5.25 Å². The summed E-state index contributed by atoms with van der Waals surface area (Å²) in [5.41, 5.74) is 5.84. The van der Waals surface area contributed by atoms with E-state index in [2.05, 4.69) is 15.0 Å². The summed E-state index contributed by atoms with van der Waals surface area (Å²) in [6.07, 6.45) is -2.49. The molecule has 1 heterocycles. The van der Waals surface area contributed by atoms with Crippen LogP contribution in [0.3, 0.4) is 0 Å². The number of anilines is 1. The lowest BCUT2D eigenvalue weighted by molar-refractivity contribution is -0.274. The van der Waals surface area contributed by atoms with Crippen LogP contribution < -0.4 is 15.8 Å². The molecule has 1 aliphatic heterocycles. The van der Waals surface area contributed by atoms with Crippen LogP contribution in [0.5, 0.6) is 5.75 Å². The number of ether oxygens (including phenoxy) is 1. The second-order valence-electron chi connectivity index (χ2n) is 4.53. The van der Waals surface area contributed by atoms with Crippen LogP contribution in [0.25, 0.3) is 0 Å². The summed E-state index contributed by atoms with van der Waals surface area (Å²) in [6, 6.07) is 5.71. The fourth-order valence-electron chi connectivity index (χ4n) is 1.95. The highest BCUT2D eigenvalue weighted by molar-refractivity contribution is 8.00. The number of para-hydroxylation sites is 2. The smallest absolute Gasteiger partial charge is 0.404 e. The van der Waals surface area contributed by atoms with Gasteiger partial charge in [-0.05, 0) is 30.7 Å². The predicted octanol–water partition coefficient (Wildman–Crippen LogP) is 3.21. The number of thioether (sulfide) groups is 1. The van der Waals surface area contributed by atoms with Crippen LogP contribution in [-0.4, -0.2) is 29.9 Å². The first-order chi connectivity index (χ1) is 9.94. The molecule has 1 unspecified atom stereocenters. The fourth-order valence-corrected chi connectivity index (χ4v) is 3.13. The van der Waals surface area contributed by atoms with Crippen LogP contribution in [0.15, 0.2) is 29.3 Å². The highest BCUT2D eigenvalue weighted by Crippen LogP contribution is 2.30. The van der Waals surface area contributed by atoms with Crippen LogP contribution in [0.4, 0.5) is 18.9 Å². The summed E-state index contributed by atoms with van der Waals surface area (Å²) in [6.45, 7) is 0.561. The quantitative estimate of drug-likeness (QED) is 0.661. The van der Waals surface area contributed by atoms with Gasteiger partial charge in [0.05, 0.1) is 12.2 Å². The minimum atomic E-state index is -4.75. The summed E-state index contributed by atoms with van der Waals surface area (Å²) in [4.78, 5) is 4.16. The number of guanidine groups is 1. The number of nitrogens with one attached hydrogen (secondary N) is 1. The average molecular weight is 319 g/mol. The zero-order valence-corrected chi connectivity index (χ0v) is 12.0. The van der Waals surface area contributed by atoms with E-state index in [0.29, 0.717) is 11.8 Å². The number of rotatable bonds is 4. The summed E-state index contributed by atoms with van der Waals surface area (Å²) < 4.78 is 40.8. The molecule has 0 amide bonds. The van der Waals surface area contributed by atoms with Crippen LogP contribution in [0, 0.1) is 0 Å². The second-order valence-corrected chi connectivity index (χ2v) is 5.94. The van der Waals surface area contributed by atoms with Crippen LogP contribution in [-0.2, 0) is 0 Å². The van der Waals surface area contributed by atoms with E-state index in [1.165, 1.54) is 24.6 Å². The van der Waals surface area contributed by atoms with E-state index < -0.39 is 6.36 Å². The first-order valence-corrected chi connectivity index (χ1v) is 7.52. The number of alkyl halides is 3. The Balaban J connectivity index is 1.99. The standard InChI is InChI=1S/C13H16F3N3OS/c14-13(15,16)20-11-6-2-1-5-10(11)19-12(17)18-8-9-4-3-7-21-9/h1-2,5-6,9H,3-4,7-8H2,(H3,17,18,19). The van der Waals surface area contributed by atoms with Crippen molar-refractivity contribution in [1.29, 1.82) is 0 Å². The third kappa shape index (κ3) is 5.37. The van der Waals surface area contributed by atoms with Gasteiger partial charge >= 0.3 is 6.36 Å². The van der Waals surface area contributed by atoms with Gasteiger partial charge in [-0.2, -0.15) is 11.8 Å². The van der Waals surface area contributed by atoms with Crippen molar-refractivity contribution in [3.8, 4) is 5.75 Å². The van der Waals surface area contributed by atoms with E-state index in [1.54, 1.807) is 6.07 Å². The van der Waals surface area contributed by atoms with Crippen molar-refractivity contribution in [3.05, 3.63) is 24.3 Å². The van der Waals surface area contributed by atoms with Gasteiger partial charge in [-0.3, -0.25) is 4.99 Å². The molecule has 8 heteroatoms. The second kappa shape index (κ2) is 6.93. The van der Waals surface area contributed by atoms with E-state index in [4.69, 9.17) is 5.73 Å². The molecule has 3 N–H and O–H groups in total. The van der Waals surface area contributed by atoms with Gasteiger partial charge in [-0.1, -0.05) is 12.1 Å². The van der Waals surface area contributed by atoms with Gasteiger partial charge < -0.3 is 15.8 Å². The van der Waals surface area contributed by atoms with Gasteiger partial charge in [0.25, 0.3) is 0 Å². The highest BCUT2D eigenvalue weighted by Gasteiger charge is 2.32. The average Bonchev–Trinajstić information content (AvgIpc) is 2.90. The molecule has 1 atom stereocenters. The molecule has 116 valence electrons. The molecular formula is C13H16F3N3OS. The van der Waals surface area contributed by atoms with Gasteiger partial charge in [-0.25, -0.2) is 0 Å². The molecule has 1 saturated heterocycles. The first kappa shape index (κ1) is 15.8. The normalized spacial score (nSPS) is 19.6. The first-order valence-electron chi connectivity index (χ1n) is 6.47. The fraction of sp³-hybridized carbons (Fsp3) is 0.462. The van der Waals surface area contributed by atoms with Crippen LogP contribution in [0.1, 0.15) is 12.8 Å². The number of hydrogen-bond acceptors (Lipinski definition) is 3. The number of nitrogens with zero attached hydrogens (tertiary/aromatic N) is 1. The monoisotopic (exact) mass is 319 g/mol. The lowest BCUT2D eigenvalue weighted by atomic mass is 10.2. The van der Waals surface area contributed by atoms with Crippen molar-refractivity contribution >= 4 is 23.4 Å². The maximum atomic E-state index is 12.3. The molecule has 1 aliphatic rings. The Morgan fingerprint density at radius 1 is 1.43 bits per heavy atom. The summed E-state index contributed by atoms with van der Waals surface area (Å²) >= 11 is 1.84. The van der Waals surface area contributed by atoms with Gasteiger partial charge in [0.15, 0.2) is 11.7 Å². The predicted molar refractivity (Wildman–Crippen MR) is 78.7 cm³/mol. The molecule has 4 nitrogen and oxygen atoms in total. The number of benzene rings is 1. The third-order valence-corrected chi connectivity index (χ3v) is 4.25. The van der Waals surface area contributed by atoms with Crippen molar-refractivity contribution in [1.82, 2.24) is 0 Å². The molecular weight excluding hydrogens is 303 g/mol. The van der Waals surface area contributed by atoms with Gasteiger partial charge in [0.1, 0.15) is 0 Å². The Labute approximate surface area is 124 Å². The zero-order valence-electron chi connectivity index (χ0n) is 11.2. The zero-order chi connectivity index (χ0) is 15.3. The van der Waals surface area contributed by atoms with Crippen molar-refractivity contribution in [2.75, 3.05) is 17.6 Å². The topological polar surface area (TPSA) is 59.6 Å². The Morgan fingerprint density at radius 2 is 2.19 bits per heavy atom. The largest absolute Gasteiger partial charge is 0.573 e. The van der Waals surface area contributed by atoms with Gasteiger partial charge in [0.2, 0.25) is 0 Å². The molecule has 0 aliphatic carbocycles. The number of halogens is 3. The third-order valence-electron chi connectivity index (χ3n) is 2.86. The molecule has 0 radical (unpaired) electrons. The van der Waals surface area contributed by atoms with Crippen LogP contribution in [0.2, 0.25) is 0 Å². The number of hydrogen-bond donors (Lipinski definition) is 2. The summed E-state index contributed by atoms with van der Waals surface area (Å²) in [5.74, 6) is 0.870. The highest BCUT2D eigenvalue weighted by atomic mass is 32.2. The molecule has 0 saturated carbocycles. The van der Waals surface area contributed by atoms with Crippen molar-refractivity contribution in [2.45, 2.75) is 24.5 Å². The molecule has 0 bridgehead atoms. The van der Waals surface area contributed by atoms with E-state index >= 15 is 0 Å². The van der Waals surface area contributed by atoms with Gasteiger partial charge in [-0.15, -0.1) is 13.2 Å². The number of nitrogens with two attached hydrogens (primary N) is 1. The van der Waals surface area contributed by atoms with E-state index in [-0.39, 0.29) is 17.4 Å². The lowest BCUT2D eigenvalue weighted by Crippen LogP contribution is -2.25. The van der Waals surface area contributed by atoms with E-state index in [0.717, 1.165) is 12.2 Å². The van der Waals surface area contributed by atoms with Crippen molar-refractivity contribution in [2.24, 2.45) is 10.7 Å². The minimum absolute atomic E-state index is 0.0840. The lowest BCUT2D eigenvalue weighted by Gasteiger charge is -2.14. The SMILES string of the molecule is NC(=NCC1CCCS1)Nc1ccccc1OC(F)(F)F. The molecule has 0 aromatic heterocycles. The molecule has 1 aromatic rings. The maximum Gasteiger partial charge on any atom is 0.573 e. The Kier molecular flexibility index (Phi) is 5.22. The Morgan fingerprint density at radius 3 is 2.86 bits per heavy atom. The molecule has 0 spiro atoms. The van der Waals surface area contributed by atoms with Crippen molar-refractivity contribution < 1.29 is 17.9 Å². The molecule has 1 aromatic carbocycles. The Hall–Kier alpha value is -1.57.